The number of anilines is 1. The van der Waals surface area contributed by atoms with Crippen LogP contribution in [0.15, 0.2) is 60.0 Å². The number of alkyl halides is 3. The molecule has 0 aliphatic carbocycles. The smallest absolute Gasteiger partial charge is 0.323 e. The monoisotopic (exact) mass is 403 g/mol. The number of rotatable bonds is 4. The maximum Gasteiger partial charge on any atom is 0.416 e. The maximum atomic E-state index is 13.1. The Balaban J connectivity index is 1.66. The number of halogens is 3. The molecule has 29 heavy (non-hydrogen) atoms. The molecule has 0 spiro atoms. The molecule has 0 aliphatic heterocycles. The number of benzene rings is 1. The predicted molar refractivity (Wildman–Crippen MR) is 94.4 cm³/mol. The minimum absolute atomic E-state index is 0.132. The van der Waals surface area contributed by atoms with Gasteiger partial charge in [-0.25, -0.2) is 19.1 Å². The molecule has 9 nitrogen and oxygen atoms in total. The van der Waals surface area contributed by atoms with Gasteiger partial charge in [-0.1, -0.05) is 6.07 Å². The Morgan fingerprint density at radius 3 is 2.69 bits per heavy atom. The number of nitrogens with one attached hydrogen (secondary N) is 1. The summed E-state index contributed by atoms with van der Waals surface area (Å²) < 4.78 is 42.7. The fourth-order valence-electron chi connectivity index (χ4n) is 2.74. The Labute approximate surface area is 160 Å². The van der Waals surface area contributed by atoms with Crippen molar-refractivity contribution in [3.63, 3.8) is 0 Å². The van der Waals surface area contributed by atoms with Crippen molar-refractivity contribution in [1.29, 1.82) is 0 Å². The standard InChI is InChI=1S/C17H12F3N7O2/c18-17(19,20)11-4-5-13(27-10-21-9-22-27)12(7-11)23-15(28)8-26-16(29)25-6-2-1-3-14(25)24-26/h1-7,9-10H,8H2,(H,23,28). The Bertz CT molecular complexity index is 1240. The molecule has 4 aromatic rings. The van der Waals surface area contributed by atoms with E-state index in [1.807, 2.05) is 0 Å². The lowest BCUT2D eigenvalue weighted by Crippen LogP contribution is -2.28. The summed E-state index contributed by atoms with van der Waals surface area (Å²) in [5.41, 5.74) is -1.09. The molecule has 1 aromatic carbocycles. The number of carbonyl (C=O) groups is 1. The van der Waals surface area contributed by atoms with Crippen molar-refractivity contribution in [2.75, 3.05) is 5.32 Å². The number of nitrogens with zero attached hydrogens (tertiary/aromatic N) is 6. The second-order valence-corrected chi connectivity index (χ2v) is 5.99. The Morgan fingerprint density at radius 1 is 1.17 bits per heavy atom. The van der Waals surface area contributed by atoms with Gasteiger partial charge in [-0.2, -0.15) is 18.3 Å². The van der Waals surface area contributed by atoms with Crippen molar-refractivity contribution >= 4 is 17.2 Å². The van der Waals surface area contributed by atoms with E-state index in [2.05, 4.69) is 20.5 Å². The van der Waals surface area contributed by atoms with Crippen LogP contribution in [0.5, 0.6) is 0 Å². The van der Waals surface area contributed by atoms with E-state index in [1.54, 1.807) is 18.2 Å². The maximum absolute atomic E-state index is 13.1. The molecule has 0 atom stereocenters. The lowest BCUT2D eigenvalue weighted by molar-refractivity contribution is -0.137. The van der Waals surface area contributed by atoms with Gasteiger partial charge in [0.15, 0.2) is 5.65 Å². The summed E-state index contributed by atoms with van der Waals surface area (Å²) in [5, 5.41) is 10.3. The second-order valence-electron chi connectivity index (χ2n) is 5.99. The molecule has 0 radical (unpaired) electrons. The highest BCUT2D eigenvalue weighted by Gasteiger charge is 2.31. The number of hydrogen-bond donors (Lipinski definition) is 1. The van der Waals surface area contributed by atoms with Crippen LogP contribution in [0.4, 0.5) is 18.9 Å². The Hall–Kier alpha value is -3.96. The first kappa shape index (κ1) is 18.4. The van der Waals surface area contributed by atoms with Crippen LogP contribution in [0.25, 0.3) is 11.3 Å². The number of aromatic nitrogens is 6. The quantitative estimate of drug-likeness (QED) is 0.560. The Kier molecular flexibility index (Phi) is 4.37. The molecule has 3 aromatic heterocycles. The van der Waals surface area contributed by atoms with Crippen molar-refractivity contribution in [1.82, 2.24) is 28.9 Å². The van der Waals surface area contributed by atoms with E-state index in [-0.39, 0.29) is 11.4 Å². The van der Waals surface area contributed by atoms with Gasteiger partial charge in [-0.3, -0.25) is 9.20 Å². The molecule has 0 saturated carbocycles. The average Bonchev–Trinajstić information content (AvgIpc) is 3.30. The first-order valence-electron chi connectivity index (χ1n) is 8.23. The van der Waals surface area contributed by atoms with Gasteiger partial charge in [0.25, 0.3) is 0 Å². The van der Waals surface area contributed by atoms with Gasteiger partial charge in [-0.15, -0.1) is 5.10 Å². The summed E-state index contributed by atoms with van der Waals surface area (Å²) in [6, 6.07) is 7.74. The fourth-order valence-corrected chi connectivity index (χ4v) is 2.74. The summed E-state index contributed by atoms with van der Waals surface area (Å²) in [6.07, 6.45) is -0.613. The third kappa shape index (κ3) is 3.59. The summed E-state index contributed by atoms with van der Waals surface area (Å²) in [7, 11) is 0. The van der Waals surface area contributed by atoms with Crippen LogP contribution < -0.4 is 11.0 Å². The van der Waals surface area contributed by atoms with Gasteiger partial charge >= 0.3 is 11.9 Å². The first-order valence-corrected chi connectivity index (χ1v) is 8.23. The molecule has 0 saturated heterocycles. The highest BCUT2D eigenvalue weighted by Crippen LogP contribution is 2.33. The molecule has 3 heterocycles. The number of fused-ring (bicyclic) bond motifs is 1. The number of carbonyl (C=O) groups excluding carboxylic acids is 1. The van der Waals surface area contributed by atoms with E-state index < -0.39 is 29.9 Å². The zero-order chi connectivity index (χ0) is 20.6. The van der Waals surface area contributed by atoms with Crippen LogP contribution in [-0.4, -0.2) is 34.9 Å². The zero-order valence-corrected chi connectivity index (χ0v) is 14.5. The highest BCUT2D eigenvalue weighted by atomic mass is 19.4. The van der Waals surface area contributed by atoms with E-state index in [0.29, 0.717) is 5.65 Å². The molecule has 148 valence electrons. The molecule has 0 aliphatic rings. The molecule has 0 unspecified atom stereocenters. The molecule has 1 N–H and O–H groups in total. The summed E-state index contributed by atoms with van der Waals surface area (Å²) in [5.74, 6) is -0.726. The van der Waals surface area contributed by atoms with Crippen molar-refractivity contribution in [3.8, 4) is 5.69 Å². The Morgan fingerprint density at radius 2 is 2.00 bits per heavy atom. The number of hydrogen-bond acceptors (Lipinski definition) is 5. The van der Waals surface area contributed by atoms with Crippen LogP contribution in [0.3, 0.4) is 0 Å². The summed E-state index contributed by atoms with van der Waals surface area (Å²) >= 11 is 0. The van der Waals surface area contributed by atoms with Crippen molar-refractivity contribution in [2.24, 2.45) is 0 Å². The third-order valence-corrected chi connectivity index (χ3v) is 4.05. The normalized spacial score (nSPS) is 11.7. The second kappa shape index (κ2) is 6.89. The largest absolute Gasteiger partial charge is 0.416 e. The zero-order valence-electron chi connectivity index (χ0n) is 14.5. The van der Waals surface area contributed by atoms with Gasteiger partial charge in [-0.05, 0) is 30.3 Å². The first-order chi connectivity index (χ1) is 13.8. The van der Waals surface area contributed by atoms with Crippen LogP contribution in [0.1, 0.15) is 5.56 Å². The summed E-state index contributed by atoms with van der Waals surface area (Å²) in [6.45, 7) is -0.479. The van der Waals surface area contributed by atoms with E-state index in [1.165, 1.54) is 34.0 Å². The number of amides is 1. The molecule has 0 fully saturated rings. The van der Waals surface area contributed by atoms with Crippen LogP contribution in [0.2, 0.25) is 0 Å². The highest BCUT2D eigenvalue weighted by molar-refractivity contribution is 5.92. The van der Waals surface area contributed by atoms with E-state index in [4.69, 9.17) is 0 Å². The van der Waals surface area contributed by atoms with E-state index in [9.17, 15) is 22.8 Å². The average molecular weight is 403 g/mol. The van der Waals surface area contributed by atoms with Gasteiger partial charge in [0.2, 0.25) is 5.91 Å². The van der Waals surface area contributed by atoms with E-state index >= 15 is 0 Å². The van der Waals surface area contributed by atoms with Gasteiger partial charge in [0.1, 0.15) is 19.2 Å². The molecule has 1 amide bonds. The van der Waals surface area contributed by atoms with E-state index in [0.717, 1.165) is 16.8 Å². The van der Waals surface area contributed by atoms with Gasteiger partial charge in [0.05, 0.1) is 16.9 Å². The van der Waals surface area contributed by atoms with Crippen molar-refractivity contribution < 1.29 is 18.0 Å². The fraction of sp³-hybridized carbons (Fsp3) is 0.118. The van der Waals surface area contributed by atoms with Crippen LogP contribution >= 0.6 is 0 Å². The molecular weight excluding hydrogens is 391 g/mol. The van der Waals surface area contributed by atoms with Gasteiger partial charge in [0, 0.05) is 6.20 Å². The summed E-state index contributed by atoms with van der Waals surface area (Å²) in [4.78, 5) is 28.5. The lowest BCUT2D eigenvalue weighted by Gasteiger charge is -2.14. The minimum atomic E-state index is -4.60. The van der Waals surface area contributed by atoms with Gasteiger partial charge < -0.3 is 5.32 Å². The predicted octanol–water partition coefficient (Wildman–Crippen LogP) is 1.73. The van der Waals surface area contributed by atoms with Crippen LogP contribution in [0, 0.1) is 0 Å². The number of pyridine rings is 1. The lowest BCUT2D eigenvalue weighted by atomic mass is 10.1. The van der Waals surface area contributed by atoms with Crippen molar-refractivity contribution in [3.05, 3.63) is 71.3 Å². The minimum Gasteiger partial charge on any atom is -0.323 e. The SMILES string of the molecule is O=C(Cn1nc2ccccn2c1=O)Nc1cc(C(F)(F)F)ccc1-n1cncn1. The molecule has 12 heteroatoms. The molecular formula is C17H12F3N7O2. The molecule has 4 rings (SSSR count). The topological polar surface area (TPSA) is 99.1 Å². The molecule has 0 bridgehead atoms. The van der Waals surface area contributed by atoms with Crippen molar-refractivity contribution in [2.45, 2.75) is 12.7 Å². The third-order valence-electron chi connectivity index (χ3n) is 4.05. The van der Waals surface area contributed by atoms with Crippen LogP contribution in [-0.2, 0) is 17.5 Å².